The maximum Gasteiger partial charge on any atom is 0.277 e. The zero-order valence-corrected chi connectivity index (χ0v) is 15.7. The normalized spacial score (nSPS) is 10.5. The molecule has 2 rings (SSSR count). The number of methoxy groups -OCH3 is 1. The minimum absolute atomic E-state index is 0.175. The molecule has 0 spiro atoms. The Bertz CT molecular complexity index is 777. The number of nitrogens with zero attached hydrogens (tertiary/aromatic N) is 1. The summed E-state index contributed by atoms with van der Waals surface area (Å²) in [7, 11) is 1.54. The lowest BCUT2D eigenvalue weighted by molar-refractivity contribution is -0.123. The van der Waals surface area contributed by atoms with Crippen molar-refractivity contribution in [2.24, 2.45) is 5.10 Å². The zero-order valence-electron chi connectivity index (χ0n) is 15.7. The van der Waals surface area contributed by atoms with Crippen LogP contribution in [0.3, 0.4) is 0 Å². The van der Waals surface area contributed by atoms with E-state index in [2.05, 4.69) is 10.5 Å². The van der Waals surface area contributed by atoms with E-state index in [9.17, 15) is 4.79 Å². The third-order valence-electron chi connectivity index (χ3n) is 3.40. The predicted octanol–water partition coefficient (Wildman–Crippen LogP) is 3.02. The van der Waals surface area contributed by atoms with E-state index < -0.39 is 0 Å². The first kappa shape index (κ1) is 20.1. The van der Waals surface area contributed by atoms with Crippen LogP contribution in [0.25, 0.3) is 0 Å². The first-order valence-corrected chi connectivity index (χ1v) is 8.65. The van der Waals surface area contributed by atoms with Gasteiger partial charge in [-0.1, -0.05) is 12.1 Å². The van der Waals surface area contributed by atoms with Gasteiger partial charge >= 0.3 is 0 Å². The Balaban J connectivity index is 1.90. The van der Waals surface area contributed by atoms with E-state index in [4.69, 9.17) is 18.9 Å². The molecule has 0 aliphatic carbocycles. The van der Waals surface area contributed by atoms with Crippen LogP contribution in [0.2, 0.25) is 0 Å². The molecule has 0 bridgehead atoms. The number of carbonyl (C=O) groups is 1. The van der Waals surface area contributed by atoms with E-state index in [1.165, 1.54) is 6.21 Å². The van der Waals surface area contributed by atoms with Gasteiger partial charge in [-0.25, -0.2) is 5.43 Å². The lowest BCUT2D eigenvalue weighted by Crippen LogP contribution is -2.24. The number of hydrazone groups is 1. The Labute approximate surface area is 158 Å². The van der Waals surface area contributed by atoms with Crippen LogP contribution in [0.15, 0.2) is 47.6 Å². The number of hydrogen-bond donors (Lipinski definition) is 1. The van der Waals surface area contributed by atoms with Gasteiger partial charge in [0.2, 0.25) is 0 Å². The first-order valence-electron chi connectivity index (χ1n) is 8.65. The molecule has 0 aliphatic rings. The van der Waals surface area contributed by atoms with Crippen LogP contribution in [0.4, 0.5) is 0 Å². The van der Waals surface area contributed by atoms with E-state index in [0.29, 0.717) is 36.2 Å². The fourth-order valence-electron chi connectivity index (χ4n) is 2.24. The van der Waals surface area contributed by atoms with Crippen molar-refractivity contribution in [3.05, 3.63) is 48.0 Å². The van der Waals surface area contributed by atoms with Gasteiger partial charge in [-0.2, -0.15) is 5.10 Å². The zero-order chi connectivity index (χ0) is 19.5. The standard InChI is InChI=1S/C20H24N2O5/c1-4-25-18-11-10-15(12-19(18)26-5-2)13-21-22-20(23)14-27-17-9-7-6-8-16(17)24-3/h6-13H,4-5,14H2,1-3H3,(H,22,23)/b21-13-. The topological polar surface area (TPSA) is 78.4 Å². The van der Waals surface area contributed by atoms with Gasteiger partial charge in [0.15, 0.2) is 29.6 Å². The number of para-hydroxylation sites is 2. The Kier molecular flexibility index (Phi) is 7.96. The second-order valence-electron chi connectivity index (χ2n) is 5.30. The first-order chi connectivity index (χ1) is 13.2. The van der Waals surface area contributed by atoms with Crippen LogP contribution in [0.5, 0.6) is 23.0 Å². The maximum absolute atomic E-state index is 11.9. The molecular weight excluding hydrogens is 348 g/mol. The van der Waals surface area contributed by atoms with Crippen molar-refractivity contribution in [1.82, 2.24) is 5.43 Å². The van der Waals surface area contributed by atoms with Gasteiger partial charge < -0.3 is 18.9 Å². The molecule has 2 aromatic rings. The number of nitrogens with one attached hydrogen (secondary N) is 1. The number of hydrogen-bond acceptors (Lipinski definition) is 6. The number of carbonyl (C=O) groups excluding carboxylic acids is 1. The second-order valence-corrected chi connectivity index (χ2v) is 5.30. The largest absolute Gasteiger partial charge is 0.493 e. The molecule has 144 valence electrons. The number of amides is 1. The minimum Gasteiger partial charge on any atom is -0.493 e. The molecule has 7 nitrogen and oxygen atoms in total. The molecule has 0 atom stereocenters. The molecule has 0 saturated heterocycles. The van der Waals surface area contributed by atoms with Crippen LogP contribution >= 0.6 is 0 Å². The van der Waals surface area contributed by atoms with Crippen LogP contribution in [0.1, 0.15) is 19.4 Å². The highest BCUT2D eigenvalue weighted by Gasteiger charge is 2.07. The van der Waals surface area contributed by atoms with Gasteiger partial charge in [0, 0.05) is 0 Å². The molecule has 27 heavy (non-hydrogen) atoms. The summed E-state index contributed by atoms with van der Waals surface area (Å²) < 4.78 is 21.7. The summed E-state index contributed by atoms with van der Waals surface area (Å²) in [5, 5.41) is 3.94. The molecule has 0 radical (unpaired) electrons. The van der Waals surface area contributed by atoms with Crippen LogP contribution in [0, 0.1) is 0 Å². The van der Waals surface area contributed by atoms with Gasteiger partial charge in [-0.05, 0) is 49.7 Å². The summed E-state index contributed by atoms with van der Waals surface area (Å²) in [4.78, 5) is 11.9. The summed E-state index contributed by atoms with van der Waals surface area (Å²) in [5.41, 5.74) is 3.19. The van der Waals surface area contributed by atoms with Gasteiger partial charge in [-0.15, -0.1) is 0 Å². The lowest BCUT2D eigenvalue weighted by atomic mass is 10.2. The van der Waals surface area contributed by atoms with Gasteiger partial charge in [0.05, 0.1) is 26.5 Å². The van der Waals surface area contributed by atoms with Crippen LogP contribution in [-0.2, 0) is 4.79 Å². The number of ether oxygens (including phenoxy) is 4. The molecule has 0 aromatic heterocycles. The van der Waals surface area contributed by atoms with Crippen molar-refractivity contribution in [1.29, 1.82) is 0 Å². The highest BCUT2D eigenvalue weighted by Crippen LogP contribution is 2.28. The molecule has 0 aliphatic heterocycles. The van der Waals surface area contributed by atoms with E-state index in [1.54, 1.807) is 31.4 Å². The molecule has 1 N–H and O–H groups in total. The van der Waals surface area contributed by atoms with E-state index in [0.717, 1.165) is 5.56 Å². The Morgan fingerprint density at radius 2 is 1.63 bits per heavy atom. The monoisotopic (exact) mass is 372 g/mol. The maximum atomic E-state index is 11.9. The third-order valence-corrected chi connectivity index (χ3v) is 3.40. The highest BCUT2D eigenvalue weighted by molar-refractivity contribution is 5.83. The van der Waals surface area contributed by atoms with E-state index >= 15 is 0 Å². The summed E-state index contributed by atoms with van der Waals surface area (Å²) in [6, 6.07) is 12.5. The van der Waals surface area contributed by atoms with Crippen molar-refractivity contribution in [3.8, 4) is 23.0 Å². The number of benzene rings is 2. The third kappa shape index (κ3) is 6.22. The molecule has 7 heteroatoms. The summed E-state index contributed by atoms with van der Waals surface area (Å²) in [6.45, 7) is 4.71. The van der Waals surface area contributed by atoms with E-state index in [-0.39, 0.29) is 12.5 Å². The van der Waals surface area contributed by atoms with Crippen LogP contribution in [-0.4, -0.2) is 39.1 Å². The summed E-state index contributed by atoms with van der Waals surface area (Å²) >= 11 is 0. The lowest BCUT2D eigenvalue weighted by Gasteiger charge is -2.11. The number of rotatable bonds is 10. The van der Waals surface area contributed by atoms with Crippen molar-refractivity contribution in [2.75, 3.05) is 26.9 Å². The molecule has 0 fully saturated rings. The molecule has 0 heterocycles. The highest BCUT2D eigenvalue weighted by atomic mass is 16.5. The van der Waals surface area contributed by atoms with Crippen molar-refractivity contribution < 1.29 is 23.7 Å². The summed E-state index contributed by atoms with van der Waals surface area (Å²) in [5.74, 6) is 1.98. The quantitative estimate of drug-likeness (QED) is 0.512. The Morgan fingerprint density at radius 1 is 0.963 bits per heavy atom. The second kappa shape index (κ2) is 10.7. The van der Waals surface area contributed by atoms with Crippen molar-refractivity contribution >= 4 is 12.1 Å². The molecule has 2 aromatic carbocycles. The SMILES string of the molecule is CCOc1ccc(/C=N\NC(=O)COc2ccccc2OC)cc1OCC. The fourth-order valence-corrected chi connectivity index (χ4v) is 2.24. The van der Waals surface area contributed by atoms with Gasteiger partial charge in [-0.3, -0.25) is 4.79 Å². The Morgan fingerprint density at radius 3 is 2.33 bits per heavy atom. The van der Waals surface area contributed by atoms with Crippen molar-refractivity contribution in [3.63, 3.8) is 0 Å². The van der Waals surface area contributed by atoms with Gasteiger partial charge in [0.25, 0.3) is 5.91 Å². The summed E-state index contributed by atoms with van der Waals surface area (Å²) in [6.07, 6.45) is 1.53. The average molecular weight is 372 g/mol. The molecular formula is C20H24N2O5. The minimum atomic E-state index is -0.381. The van der Waals surface area contributed by atoms with Gasteiger partial charge in [0.1, 0.15) is 0 Å². The molecule has 1 amide bonds. The Hall–Kier alpha value is -3.22. The van der Waals surface area contributed by atoms with Crippen molar-refractivity contribution in [2.45, 2.75) is 13.8 Å². The van der Waals surface area contributed by atoms with Crippen LogP contribution < -0.4 is 24.4 Å². The van der Waals surface area contributed by atoms with E-state index in [1.807, 2.05) is 32.0 Å². The molecule has 0 unspecified atom stereocenters. The predicted molar refractivity (Wildman–Crippen MR) is 103 cm³/mol. The smallest absolute Gasteiger partial charge is 0.277 e. The fraction of sp³-hybridized carbons (Fsp3) is 0.300. The average Bonchev–Trinajstić information content (AvgIpc) is 2.69. The molecule has 0 saturated carbocycles.